The maximum absolute atomic E-state index is 9.31. The van der Waals surface area contributed by atoms with Gasteiger partial charge in [-0.05, 0) is 37.1 Å². The summed E-state index contributed by atoms with van der Waals surface area (Å²) in [5, 5.41) is 16.6. The van der Waals surface area contributed by atoms with Crippen LogP contribution < -0.4 is 10.6 Å². The molecule has 0 amide bonds. The molecule has 2 atom stereocenters. The van der Waals surface area contributed by atoms with Gasteiger partial charge in [0.05, 0.1) is 6.61 Å². The van der Waals surface area contributed by atoms with Crippen molar-refractivity contribution in [3.05, 3.63) is 29.3 Å². The molecule has 4 heteroatoms. The summed E-state index contributed by atoms with van der Waals surface area (Å²) in [6, 6.07) is 6.85. The van der Waals surface area contributed by atoms with E-state index in [4.69, 9.17) is 0 Å². The Morgan fingerprint density at radius 3 is 3.05 bits per heavy atom. The van der Waals surface area contributed by atoms with E-state index in [0.717, 1.165) is 13.1 Å². The van der Waals surface area contributed by atoms with Crippen LogP contribution in [-0.2, 0) is 13.0 Å². The number of hydrogen-bond donors (Lipinski definition) is 3. The van der Waals surface area contributed by atoms with E-state index in [0.29, 0.717) is 6.04 Å². The summed E-state index contributed by atoms with van der Waals surface area (Å²) in [6.07, 6.45) is 4.44. The zero-order valence-electron chi connectivity index (χ0n) is 11.8. The molecule has 0 spiro atoms. The fourth-order valence-corrected chi connectivity index (χ4v) is 3.22. The number of aliphatic hydroxyl groups excluding tert-OH is 1. The Morgan fingerprint density at radius 1 is 1.47 bits per heavy atom. The number of nitrogens with one attached hydrogen (secondary N) is 2. The first-order valence-electron chi connectivity index (χ1n) is 6.98. The zero-order chi connectivity index (χ0) is 13.7. The van der Waals surface area contributed by atoms with Crippen molar-refractivity contribution in [2.75, 3.05) is 24.7 Å². The van der Waals surface area contributed by atoms with Crippen molar-refractivity contribution in [1.82, 2.24) is 5.32 Å². The fraction of sp³-hybridized carbons (Fsp3) is 0.600. The van der Waals surface area contributed by atoms with Crippen LogP contribution in [0.5, 0.6) is 0 Å². The van der Waals surface area contributed by atoms with E-state index in [-0.39, 0.29) is 11.9 Å². The second-order valence-electron chi connectivity index (χ2n) is 5.11. The molecule has 1 heterocycles. The fourth-order valence-electron chi connectivity index (χ4n) is 2.57. The summed E-state index contributed by atoms with van der Waals surface area (Å²) in [7, 11) is 0. The van der Waals surface area contributed by atoms with Gasteiger partial charge >= 0.3 is 0 Å². The highest BCUT2D eigenvalue weighted by atomic mass is 32.2. The molecule has 1 aliphatic heterocycles. The van der Waals surface area contributed by atoms with Crippen LogP contribution in [-0.4, -0.2) is 35.8 Å². The van der Waals surface area contributed by atoms with Crippen LogP contribution in [0.15, 0.2) is 18.2 Å². The Hall–Kier alpha value is -0.710. The third-order valence-corrected chi connectivity index (χ3v) is 4.98. The van der Waals surface area contributed by atoms with Gasteiger partial charge < -0.3 is 15.7 Å². The number of para-hydroxylation sites is 1. The van der Waals surface area contributed by atoms with Gasteiger partial charge in [-0.3, -0.25) is 0 Å². The standard InChI is InChI=1S/C15H24N2OS/c1-11(14(10-18)19-2)17-9-13-6-3-5-12-7-4-8-16-15(12)13/h3,5-6,11,14,16-18H,4,7-10H2,1-2H3. The highest BCUT2D eigenvalue weighted by Gasteiger charge is 2.16. The van der Waals surface area contributed by atoms with Crippen molar-refractivity contribution in [2.45, 2.75) is 37.6 Å². The molecule has 0 saturated heterocycles. The Balaban J connectivity index is 2.00. The molecule has 0 bridgehead atoms. The number of thioether (sulfide) groups is 1. The number of hydrogen-bond acceptors (Lipinski definition) is 4. The van der Waals surface area contributed by atoms with E-state index >= 15 is 0 Å². The van der Waals surface area contributed by atoms with Crippen molar-refractivity contribution in [3.63, 3.8) is 0 Å². The highest BCUT2D eigenvalue weighted by Crippen LogP contribution is 2.26. The first kappa shape index (κ1) is 14.7. The maximum Gasteiger partial charge on any atom is 0.0564 e. The smallest absolute Gasteiger partial charge is 0.0564 e. The van der Waals surface area contributed by atoms with Gasteiger partial charge in [-0.15, -0.1) is 0 Å². The van der Waals surface area contributed by atoms with Crippen LogP contribution in [0.4, 0.5) is 5.69 Å². The molecule has 3 nitrogen and oxygen atoms in total. The summed E-state index contributed by atoms with van der Waals surface area (Å²) in [6.45, 7) is 4.29. The summed E-state index contributed by atoms with van der Waals surface area (Å²) in [5.41, 5.74) is 4.08. The molecule has 0 radical (unpaired) electrons. The van der Waals surface area contributed by atoms with Crippen molar-refractivity contribution < 1.29 is 5.11 Å². The normalized spacial score (nSPS) is 17.4. The topological polar surface area (TPSA) is 44.3 Å². The number of fused-ring (bicyclic) bond motifs is 1. The molecule has 0 aliphatic carbocycles. The second-order valence-corrected chi connectivity index (χ2v) is 6.18. The van der Waals surface area contributed by atoms with E-state index in [1.54, 1.807) is 11.8 Å². The molecule has 0 saturated carbocycles. The van der Waals surface area contributed by atoms with E-state index in [1.165, 1.54) is 29.7 Å². The van der Waals surface area contributed by atoms with Gasteiger partial charge in [0.2, 0.25) is 0 Å². The first-order chi connectivity index (χ1) is 9.26. The minimum absolute atomic E-state index is 0.223. The summed E-state index contributed by atoms with van der Waals surface area (Å²) in [4.78, 5) is 0. The van der Waals surface area contributed by atoms with Crippen molar-refractivity contribution in [1.29, 1.82) is 0 Å². The van der Waals surface area contributed by atoms with E-state index < -0.39 is 0 Å². The lowest BCUT2D eigenvalue weighted by Gasteiger charge is -2.24. The first-order valence-corrected chi connectivity index (χ1v) is 8.26. The molecule has 3 N–H and O–H groups in total. The van der Waals surface area contributed by atoms with Gasteiger partial charge in [0.25, 0.3) is 0 Å². The Morgan fingerprint density at radius 2 is 2.32 bits per heavy atom. The Labute approximate surface area is 120 Å². The van der Waals surface area contributed by atoms with Gasteiger partial charge in [-0.25, -0.2) is 0 Å². The minimum Gasteiger partial charge on any atom is -0.395 e. The van der Waals surface area contributed by atoms with Crippen molar-refractivity contribution in [3.8, 4) is 0 Å². The summed E-state index contributed by atoms with van der Waals surface area (Å²) >= 11 is 1.71. The molecule has 19 heavy (non-hydrogen) atoms. The average Bonchev–Trinajstić information content (AvgIpc) is 2.46. The summed E-state index contributed by atoms with van der Waals surface area (Å²) in [5.74, 6) is 0. The molecular formula is C15H24N2OS. The Bertz CT molecular complexity index is 407. The lowest BCUT2D eigenvalue weighted by atomic mass is 9.99. The number of rotatable bonds is 6. The zero-order valence-corrected chi connectivity index (χ0v) is 12.6. The molecule has 1 aliphatic rings. The van der Waals surface area contributed by atoms with Gasteiger partial charge in [0, 0.05) is 30.1 Å². The van der Waals surface area contributed by atoms with Crippen molar-refractivity contribution >= 4 is 17.4 Å². The number of benzene rings is 1. The van der Waals surface area contributed by atoms with Gasteiger partial charge in [-0.1, -0.05) is 18.2 Å². The predicted molar refractivity (Wildman–Crippen MR) is 83.9 cm³/mol. The van der Waals surface area contributed by atoms with Crippen LogP contribution in [0, 0.1) is 0 Å². The number of aliphatic hydroxyl groups is 1. The highest BCUT2D eigenvalue weighted by molar-refractivity contribution is 7.99. The number of anilines is 1. The lowest BCUT2D eigenvalue weighted by Crippen LogP contribution is -2.37. The molecular weight excluding hydrogens is 256 g/mol. The lowest BCUT2D eigenvalue weighted by molar-refractivity contribution is 0.276. The summed E-state index contributed by atoms with van der Waals surface area (Å²) < 4.78 is 0. The molecule has 1 aromatic carbocycles. The quantitative estimate of drug-likeness (QED) is 0.748. The molecule has 1 aromatic rings. The monoisotopic (exact) mass is 280 g/mol. The Kier molecular flexibility index (Phi) is 5.55. The largest absolute Gasteiger partial charge is 0.395 e. The van der Waals surface area contributed by atoms with Crippen LogP contribution in [0.25, 0.3) is 0 Å². The third kappa shape index (κ3) is 3.65. The molecule has 0 aromatic heterocycles. The molecule has 2 rings (SSSR count). The molecule has 2 unspecified atom stereocenters. The minimum atomic E-state index is 0.223. The van der Waals surface area contributed by atoms with Gasteiger partial charge in [0.1, 0.15) is 0 Å². The van der Waals surface area contributed by atoms with Gasteiger partial charge in [0.15, 0.2) is 0 Å². The van der Waals surface area contributed by atoms with E-state index in [2.05, 4.69) is 35.8 Å². The average molecular weight is 280 g/mol. The van der Waals surface area contributed by atoms with E-state index in [9.17, 15) is 5.11 Å². The van der Waals surface area contributed by atoms with E-state index in [1.807, 2.05) is 6.26 Å². The predicted octanol–water partition coefficient (Wildman–Crippen LogP) is 2.25. The SMILES string of the molecule is CSC(CO)C(C)NCc1cccc2c1NCCC2. The third-order valence-electron chi connectivity index (χ3n) is 3.82. The van der Waals surface area contributed by atoms with Crippen LogP contribution >= 0.6 is 11.8 Å². The second kappa shape index (κ2) is 7.17. The van der Waals surface area contributed by atoms with Gasteiger partial charge in [-0.2, -0.15) is 11.8 Å². The molecule has 0 fully saturated rings. The number of aryl methyl sites for hydroxylation is 1. The molecule has 106 valence electrons. The maximum atomic E-state index is 9.31. The van der Waals surface area contributed by atoms with Crippen molar-refractivity contribution in [2.24, 2.45) is 0 Å². The van der Waals surface area contributed by atoms with Crippen LogP contribution in [0.3, 0.4) is 0 Å². The van der Waals surface area contributed by atoms with Crippen LogP contribution in [0.2, 0.25) is 0 Å². The van der Waals surface area contributed by atoms with Crippen LogP contribution in [0.1, 0.15) is 24.5 Å².